The Bertz CT molecular complexity index is 416. The van der Waals surface area contributed by atoms with Gasteiger partial charge >= 0.3 is 0 Å². The molecule has 0 bridgehead atoms. The number of rotatable bonds is 4. The van der Waals surface area contributed by atoms with Crippen LogP contribution in [0.1, 0.15) is 32.3 Å². The lowest BCUT2D eigenvalue weighted by Crippen LogP contribution is -2.45. The maximum absolute atomic E-state index is 12.5. The number of hydrogen-bond acceptors (Lipinski definition) is 2. The van der Waals surface area contributed by atoms with Crippen LogP contribution < -0.4 is 5.32 Å². The predicted octanol–water partition coefficient (Wildman–Crippen LogP) is 2.47. The van der Waals surface area contributed by atoms with Gasteiger partial charge in [0.25, 0.3) is 0 Å². The van der Waals surface area contributed by atoms with E-state index in [1.807, 2.05) is 6.07 Å². The van der Waals surface area contributed by atoms with Crippen molar-refractivity contribution < 1.29 is 4.79 Å². The first-order valence-corrected chi connectivity index (χ1v) is 7.71. The first-order valence-electron chi connectivity index (χ1n) is 7.71. The molecule has 3 heteroatoms. The molecular weight excluding hydrogens is 248 g/mol. The molecule has 1 heterocycles. The summed E-state index contributed by atoms with van der Waals surface area (Å²) >= 11 is 0. The molecule has 1 atom stereocenters. The third-order valence-electron chi connectivity index (χ3n) is 3.79. The van der Waals surface area contributed by atoms with Crippen molar-refractivity contribution in [1.29, 1.82) is 0 Å². The average Bonchev–Trinajstić information content (AvgIpc) is 2.64. The SMILES string of the molecule is CC(C)CC(=O)N1CCCNCC1Cc1ccccc1. The fourth-order valence-electron chi connectivity index (χ4n) is 2.80. The van der Waals surface area contributed by atoms with Crippen molar-refractivity contribution in [2.75, 3.05) is 19.6 Å². The Labute approximate surface area is 122 Å². The quantitative estimate of drug-likeness (QED) is 0.915. The van der Waals surface area contributed by atoms with Crippen molar-refractivity contribution >= 4 is 5.91 Å². The van der Waals surface area contributed by atoms with E-state index in [0.29, 0.717) is 18.2 Å². The van der Waals surface area contributed by atoms with Crippen LogP contribution in [0.5, 0.6) is 0 Å². The number of amides is 1. The average molecular weight is 274 g/mol. The molecule has 1 aliphatic heterocycles. The summed E-state index contributed by atoms with van der Waals surface area (Å²) in [5.74, 6) is 0.737. The van der Waals surface area contributed by atoms with E-state index >= 15 is 0 Å². The van der Waals surface area contributed by atoms with E-state index in [4.69, 9.17) is 0 Å². The molecule has 0 saturated carbocycles. The van der Waals surface area contributed by atoms with Crippen LogP contribution in [-0.4, -0.2) is 36.5 Å². The summed E-state index contributed by atoms with van der Waals surface area (Å²) in [4.78, 5) is 14.6. The van der Waals surface area contributed by atoms with Gasteiger partial charge in [0, 0.05) is 25.6 Å². The molecule has 0 radical (unpaired) electrons. The maximum Gasteiger partial charge on any atom is 0.223 e. The van der Waals surface area contributed by atoms with E-state index in [1.165, 1.54) is 5.56 Å². The maximum atomic E-state index is 12.5. The topological polar surface area (TPSA) is 32.3 Å². The van der Waals surface area contributed by atoms with E-state index < -0.39 is 0 Å². The zero-order valence-electron chi connectivity index (χ0n) is 12.6. The minimum Gasteiger partial charge on any atom is -0.338 e. The van der Waals surface area contributed by atoms with E-state index in [-0.39, 0.29) is 6.04 Å². The molecule has 0 aliphatic carbocycles. The van der Waals surface area contributed by atoms with Gasteiger partial charge in [-0.1, -0.05) is 44.2 Å². The number of carbonyl (C=O) groups is 1. The molecule has 1 amide bonds. The Hall–Kier alpha value is -1.35. The molecule has 1 saturated heterocycles. The van der Waals surface area contributed by atoms with Crippen LogP contribution in [0.4, 0.5) is 0 Å². The summed E-state index contributed by atoms with van der Waals surface area (Å²) in [6, 6.07) is 10.8. The summed E-state index contributed by atoms with van der Waals surface area (Å²) in [5, 5.41) is 3.46. The highest BCUT2D eigenvalue weighted by molar-refractivity contribution is 5.76. The molecule has 0 spiro atoms. The second kappa shape index (κ2) is 7.44. The minimum atomic E-state index is 0.283. The van der Waals surface area contributed by atoms with Crippen molar-refractivity contribution in [1.82, 2.24) is 10.2 Å². The third-order valence-corrected chi connectivity index (χ3v) is 3.79. The Kier molecular flexibility index (Phi) is 5.60. The Morgan fingerprint density at radius 1 is 1.35 bits per heavy atom. The highest BCUT2D eigenvalue weighted by atomic mass is 16.2. The summed E-state index contributed by atoms with van der Waals surface area (Å²) < 4.78 is 0. The van der Waals surface area contributed by atoms with Gasteiger partial charge in [-0.15, -0.1) is 0 Å². The lowest BCUT2D eigenvalue weighted by atomic mass is 10.0. The molecular formula is C17H26N2O. The van der Waals surface area contributed by atoms with Crippen LogP contribution in [0, 0.1) is 5.92 Å². The normalized spacial score (nSPS) is 19.9. The Morgan fingerprint density at radius 2 is 2.10 bits per heavy atom. The van der Waals surface area contributed by atoms with Crippen molar-refractivity contribution in [3.05, 3.63) is 35.9 Å². The molecule has 1 unspecified atom stereocenters. The van der Waals surface area contributed by atoms with Crippen LogP contribution >= 0.6 is 0 Å². The molecule has 2 rings (SSSR count). The van der Waals surface area contributed by atoms with Gasteiger partial charge in [-0.05, 0) is 30.9 Å². The second-order valence-corrected chi connectivity index (χ2v) is 6.09. The van der Waals surface area contributed by atoms with Gasteiger partial charge in [0.05, 0.1) is 0 Å². The van der Waals surface area contributed by atoms with Gasteiger partial charge in [0.15, 0.2) is 0 Å². The zero-order valence-corrected chi connectivity index (χ0v) is 12.6. The van der Waals surface area contributed by atoms with Gasteiger partial charge in [-0.25, -0.2) is 0 Å². The fraction of sp³-hybridized carbons (Fsp3) is 0.588. The summed E-state index contributed by atoms with van der Waals surface area (Å²) in [5.41, 5.74) is 1.31. The van der Waals surface area contributed by atoms with Gasteiger partial charge < -0.3 is 10.2 Å². The number of nitrogens with zero attached hydrogens (tertiary/aromatic N) is 1. The molecule has 0 aromatic heterocycles. The minimum absolute atomic E-state index is 0.283. The smallest absolute Gasteiger partial charge is 0.223 e. The van der Waals surface area contributed by atoms with Crippen LogP contribution in [-0.2, 0) is 11.2 Å². The molecule has 20 heavy (non-hydrogen) atoms. The molecule has 1 fully saturated rings. The van der Waals surface area contributed by atoms with Crippen molar-refractivity contribution in [2.45, 2.75) is 39.2 Å². The lowest BCUT2D eigenvalue weighted by molar-refractivity contribution is -0.134. The third kappa shape index (κ3) is 4.34. The Balaban J connectivity index is 2.06. The Morgan fingerprint density at radius 3 is 2.80 bits per heavy atom. The first-order chi connectivity index (χ1) is 9.66. The summed E-state index contributed by atoms with van der Waals surface area (Å²) in [6.07, 6.45) is 2.65. The zero-order chi connectivity index (χ0) is 14.4. The molecule has 3 nitrogen and oxygen atoms in total. The number of hydrogen-bond donors (Lipinski definition) is 1. The van der Waals surface area contributed by atoms with E-state index in [0.717, 1.165) is 32.5 Å². The van der Waals surface area contributed by atoms with Gasteiger partial charge in [0.1, 0.15) is 0 Å². The van der Waals surface area contributed by atoms with Crippen molar-refractivity contribution in [3.63, 3.8) is 0 Å². The highest BCUT2D eigenvalue weighted by Crippen LogP contribution is 2.14. The highest BCUT2D eigenvalue weighted by Gasteiger charge is 2.25. The van der Waals surface area contributed by atoms with E-state index in [9.17, 15) is 4.79 Å². The summed E-state index contributed by atoms with van der Waals surface area (Å²) in [7, 11) is 0. The largest absolute Gasteiger partial charge is 0.338 e. The van der Waals surface area contributed by atoms with Crippen molar-refractivity contribution in [3.8, 4) is 0 Å². The van der Waals surface area contributed by atoms with Gasteiger partial charge in [-0.2, -0.15) is 0 Å². The molecule has 1 aromatic carbocycles. The number of nitrogens with one attached hydrogen (secondary N) is 1. The van der Waals surface area contributed by atoms with Crippen molar-refractivity contribution in [2.24, 2.45) is 5.92 Å². The summed E-state index contributed by atoms with van der Waals surface area (Å²) in [6.45, 7) is 7.02. The van der Waals surface area contributed by atoms with Crippen LogP contribution in [0.25, 0.3) is 0 Å². The first kappa shape index (κ1) is 15.0. The molecule has 1 aromatic rings. The fourth-order valence-corrected chi connectivity index (χ4v) is 2.80. The lowest BCUT2D eigenvalue weighted by Gasteiger charge is -2.30. The van der Waals surface area contributed by atoms with Crippen LogP contribution in [0.15, 0.2) is 30.3 Å². The predicted molar refractivity (Wildman–Crippen MR) is 82.6 cm³/mol. The van der Waals surface area contributed by atoms with Gasteiger partial charge in [-0.3, -0.25) is 4.79 Å². The molecule has 1 N–H and O–H groups in total. The van der Waals surface area contributed by atoms with Crippen LogP contribution in [0.3, 0.4) is 0 Å². The van der Waals surface area contributed by atoms with E-state index in [2.05, 4.69) is 48.3 Å². The monoisotopic (exact) mass is 274 g/mol. The number of benzene rings is 1. The second-order valence-electron chi connectivity index (χ2n) is 6.09. The van der Waals surface area contributed by atoms with E-state index in [1.54, 1.807) is 0 Å². The van der Waals surface area contributed by atoms with Gasteiger partial charge in [0.2, 0.25) is 5.91 Å². The molecule has 110 valence electrons. The van der Waals surface area contributed by atoms with Crippen LogP contribution in [0.2, 0.25) is 0 Å². The number of carbonyl (C=O) groups excluding carboxylic acids is 1. The standard InChI is InChI=1S/C17H26N2O/c1-14(2)11-17(20)19-10-6-9-18-13-16(19)12-15-7-4-3-5-8-15/h3-5,7-8,14,16,18H,6,9-13H2,1-2H3. The molecule has 1 aliphatic rings.